The molecule has 2 heterocycles. The van der Waals surface area contributed by atoms with E-state index in [1.165, 1.54) is 23.5 Å². The number of rotatable bonds is 4. The Morgan fingerprint density at radius 3 is 3.18 bits per heavy atom. The van der Waals surface area contributed by atoms with E-state index in [0.29, 0.717) is 15.3 Å². The molecule has 22 heavy (non-hydrogen) atoms. The van der Waals surface area contributed by atoms with E-state index in [0.717, 1.165) is 25.8 Å². The lowest BCUT2D eigenvalue weighted by Gasteiger charge is -2.33. The van der Waals surface area contributed by atoms with Crippen LogP contribution in [-0.4, -0.2) is 46.6 Å². The highest BCUT2D eigenvalue weighted by atomic mass is 32.1. The van der Waals surface area contributed by atoms with Crippen LogP contribution in [0.25, 0.3) is 10.2 Å². The number of aliphatic hydroxyl groups excluding tert-OH is 1. The molecule has 118 valence electrons. The minimum absolute atomic E-state index is 0.0592. The number of aliphatic hydroxyl groups is 1. The first-order valence-corrected chi connectivity index (χ1v) is 8.18. The van der Waals surface area contributed by atoms with E-state index in [1.807, 2.05) is 4.90 Å². The molecule has 7 heteroatoms. The molecule has 1 aromatic heterocycles. The van der Waals surface area contributed by atoms with Crippen molar-refractivity contribution in [1.29, 1.82) is 0 Å². The third-order valence-electron chi connectivity index (χ3n) is 3.90. The summed E-state index contributed by atoms with van der Waals surface area (Å²) in [6, 6.07) is 4.43. The van der Waals surface area contributed by atoms with Gasteiger partial charge in [0.25, 0.3) is 0 Å². The maximum Gasteiger partial charge on any atom is 0.240 e. The first kappa shape index (κ1) is 15.3. The van der Waals surface area contributed by atoms with Crippen molar-refractivity contribution < 1.29 is 14.3 Å². The van der Waals surface area contributed by atoms with Gasteiger partial charge in [-0.05, 0) is 37.6 Å². The highest BCUT2D eigenvalue weighted by Gasteiger charge is 2.23. The molecule has 0 bridgehead atoms. The Morgan fingerprint density at radius 1 is 1.50 bits per heavy atom. The summed E-state index contributed by atoms with van der Waals surface area (Å²) < 4.78 is 13.9. The fourth-order valence-electron chi connectivity index (χ4n) is 2.77. The zero-order valence-corrected chi connectivity index (χ0v) is 12.9. The predicted octanol–water partition coefficient (Wildman–Crippen LogP) is 2.22. The van der Waals surface area contributed by atoms with Crippen molar-refractivity contribution in [3.8, 4) is 0 Å². The van der Waals surface area contributed by atoms with Crippen LogP contribution in [0.1, 0.15) is 19.3 Å². The fourth-order valence-corrected chi connectivity index (χ4v) is 3.68. The molecule has 0 radical (unpaired) electrons. The summed E-state index contributed by atoms with van der Waals surface area (Å²) in [4.78, 5) is 18.4. The Morgan fingerprint density at radius 2 is 2.36 bits per heavy atom. The van der Waals surface area contributed by atoms with E-state index in [1.54, 1.807) is 6.07 Å². The molecule has 2 aromatic rings. The first-order valence-electron chi connectivity index (χ1n) is 7.36. The molecule has 1 aliphatic rings. The number of thiazole rings is 1. The lowest BCUT2D eigenvalue weighted by molar-refractivity contribution is -0.118. The van der Waals surface area contributed by atoms with Crippen molar-refractivity contribution in [2.45, 2.75) is 25.3 Å². The molecule has 1 atom stereocenters. The van der Waals surface area contributed by atoms with Crippen LogP contribution in [0.2, 0.25) is 0 Å². The number of piperidine rings is 1. The number of hydrogen-bond acceptors (Lipinski definition) is 5. The van der Waals surface area contributed by atoms with Crippen LogP contribution in [0.15, 0.2) is 18.2 Å². The summed E-state index contributed by atoms with van der Waals surface area (Å²) in [5.74, 6) is -0.465. The molecule has 0 aliphatic carbocycles. The monoisotopic (exact) mass is 323 g/mol. The SMILES string of the molecule is O=C(CN1CCCC[C@@H]1CO)Nc1nc2ccc(F)cc2s1. The Bertz CT molecular complexity index is 676. The molecule has 1 saturated heterocycles. The van der Waals surface area contributed by atoms with Gasteiger partial charge in [-0.3, -0.25) is 9.69 Å². The van der Waals surface area contributed by atoms with E-state index in [4.69, 9.17) is 0 Å². The summed E-state index contributed by atoms with van der Waals surface area (Å²) in [5, 5.41) is 12.6. The molecule has 5 nitrogen and oxygen atoms in total. The third-order valence-corrected chi connectivity index (χ3v) is 4.84. The Hall–Kier alpha value is -1.57. The van der Waals surface area contributed by atoms with Crippen molar-refractivity contribution in [2.24, 2.45) is 0 Å². The molecule has 1 amide bonds. The molecule has 1 fully saturated rings. The maximum atomic E-state index is 13.2. The van der Waals surface area contributed by atoms with Gasteiger partial charge in [-0.15, -0.1) is 0 Å². The van der Waals surface area contributed by atoms with Crippen LogP contribution >= 0.6 is 11.3 Å². The Kier molecular flexibility index (Phi) is 4.66. The lowest BCUT2D eigenvalue weighted by atomic mass is 10.0. The number of aromatic nitrogens is 1. The molecule has 0 saturated carbocycles. The highest BCUT2D eigenvalue weighted by Crippen LogP contribution is 2.26. The average Bonchev–Trinajstić information content (AvgIpc) is 2.88. The molecular weight excluding hydrogens is 305 g/mol. The van der Waals surface area contributed by atoms with Crippen molar-refractivity contribution in [2.75, 3.05) is 25.0 Å². The van der Waals surface area contributed by atoms with Gasteiger partial charge < -0.3 is 10.4 Å². The van der Waals surface area contributed by atoms with Crippen molar-refractivity contribution in [3.05, 3.63) is 24.0 Å². The van der Waals surface area contributed by atoms with Crippen LogP contribution in [0.5, 0.6) is 0 Å². The summed E-state index contributed by atoms with van der Waals surface area (Å²) in [5.41, 5.74) is 0.674. The number of nitrogens with one attached hydrogen (secondary N) is 1. The number of carbonyl (C=O) groups is 1. The smallest absolute Gasteiger partial charge is 0.240 e. The summed E-state index contributed by atoms with van der Waals surface area (Å²) in [6.07, 6.45) is 3.06. The first-order chi connectivity index (χ1) is 10.7. The molecular formula is C15H18FN3O2S. The van der Waals surface area contributed by atoms with E-state index >= 15 is 0 Å². The normalized spacial score (nSPS) is 19.5. The van der Waals surface area contributed by atoms with Crippen LogP contribution < -0.4 is 5.32 Å². The quantitative estimate of drug-likeness (QED) is 0.905. The molecule has 1 aromatic carbocycles. The standard InChI is InChI=1S/C15H18FN3O2S/c16-10-4-5-12-13(7-10)22-15(17-12)18-14(21)8-19-6-2-1-3-11(19)9-20/h4-5,7,11,20H,1-3,6,8-9H2,(H,17,18,21)/t11-/m1/s1. The van der Waals surface area contributed by atoms with Gasteiger partial charge in [0.05, 0.1) is 23.4 Å². The minimum Gasteiger partial charge on any atom is -0.395 e. The molecule has 0 spiro atoms. The Balaban J connectivity index is 1.65. The van der Waals surface area contributed by atoms with Crippen molar-refractivity contribution in [3.63, 3.8) is 0 Å². The number of amides is 1. The van der Waals surface area contributed by atoms with Crippen LogP contribution in [0, 0.1) is 5.82 Å². The third kappa shape index (κ3) is 3.43. The van der Waals surface area contributed by atoms with Crippen LogP contribution in [0.4, 0.5) is 9.52 Å². The summed E-state index contributed by atoms with van der Waals surface area (Å²) in [6.45, 7) is 1.15. The highest BCUT2D eigenvalue weighted by molar-refractivity contribution is 7.22. The molecule has 3 rings (SSSR count). The number of nitrogens with zero attached hydrogens (tertiary/aromatic N) is 2. The van der Waals surface area contributed by atoms with Crippen molar-refractivity contribution in [1.82, 2.24) is 9.88 Å². The number of likely N-dealkylation sites (tertiary alicyclic amines) is 1. The van der Waals surface area contributed by atoms with Gasteiger partial charge in [0.2, 0.25) is 5.91 Å². The van der Waals surface area contributed by atoms with Gasteiger partial charge in [-0.1, -0.05) is 17.8 Å². The summed E-state index contributed by atoms with van der Waals surface area (Å²) >= 11 is 1.26. The van der Waals surface area contributed by atoms with Gasteiger partial charge in [-0.25, -0.2) is 9.37 Å². The van der Waals surface area contributed by atoms with Crippen LogP contribution in [-0.2, 0) is 4.79 Å². The van der Waals surface area contributed by atoms with Crippen molar-refractivity contribution >= 4 is 32.6 Å². The van der Waals surface area contributed by atoms with Gasteiger partial charge in [0.15, 0.2) is 5.13 Å². The van der Waals surface area contributed by atoms with E-state index in [2.05, 4.69) is 10.3 Å². The van der Waals surface area contributed by atoms with E-state index in [-0.39, 0.29) is 30.9 Å². The van der Waals surface area contributed by atoms with E-state index in [9.17, 15) is 14.3 Å². The zero-order chi connectivity index (χ0) is 15.5. The minimum atomic E-state index is -0.312. The number of fused-ring (bicyclic) bond motifs is 1. The number of anilines is 1. The molecule has 1 aliphatic heterocycles. The Labute approximate surface area is 131 Å². The topological polar surface area (TPSA) is 65.5 Å². The van der Waals surface area contributed by atoms with Crippen LogP contribution in [0.3, 0.4) is 0 Å². The second-order valence-corrected chi connectivity index (χ2v) is 6.51. The number of hydrogen-bond donors (Lipinski definition) is 2. The molecule has 0 unspecified atom stereocenters. The molecule has 2 N–H and O–H groups in total. The van der Waals surface area contributed by atoms with E-state index < -0.39 is 0 Å². The average molecular weight is 323 g/mol. The fraction of sp³-hybridized carbons (Fsp3) is 0.467. The lowest BCUT2D eigenvalue weighted by Crippen LogP contribution is -2.45. The zero-order valence-electron chi connectivity index (χ0n) is 12.1. The van der Waals surface area contributed by atoms with Gasteiger partial charge in [-0.2, -0.15) is 0 Å². The second kappa shape index (κ2) is 6.68. The number of halogens is 1. The largest absolute Gasteiger partial charge is 0.395 e. The summed E-state index contributed by atoms with van der Waals surface area (Å²) in [7, 11) is 0. The van der Waals surface area contributed by atoms with Gasteiger partial charge >= 0.3 is 0 Å². The predicted molar refractivity (Wildman–Crippen MR) is 84.5 cm³/mol. The van der Waals surface area contributed by atoms with Gasteiger partial charge in [0, 0.05) is 6.04 Å². The maximum absolute atomic E-state index is 13.2. The van der Waals surface area contributed by atoms with Gasteiger partial charge in [0.1, 0.15) is 5.82 Å². The number of benzene rings is 1. The second-order valence-electron chi connectivity index (χ2n) is 5.48. The number of carbonyl (C=O) groups excluding carboxylic acids is 1.